The predicted molar refractivity (Wildman–Crippen MR) is 143 cm³/mol. The van der Waals surface area contributed by atoms with Crippen LogP contribution in [0, 0.1) is 10.8 Å². The van der Waals surface area contributed by atoms with E-state index in [2.05, 4.69) is 59.6 Å². The second-order valence-electron chi connectivity index (χ2n) is 7.73. The Labute approximate surface area is 224 Å². The van der Waals surface area contributed by atoms with E-state index in [0.717, 1.165) is 44.6 Å². The third-order valence-corrected chi connectivity index (χ3v) is 4.64. The van der Waals surface area contributed by atoms with Gasteiger partial charge >= 0.3 is 26.7 Å². The highest BCUT2D eigenvalue weighted by molar-refractivity contribution is 6.50. The summed E-state index contributed by atoms with van der Waals surface area (Å²) in [5, 5.41) is 17.0. The van der Waals surface area contributed by atoms with Gasteiger partial charge in [0, 0.05) is 55.2 Å². The lowest BCUT2D eigenvalue weighted by atomic mass is 10.2. The summed E-state index contributed by atoms with van der Waals surface area (Å²) in [6.45, 7) is 13.2. The van der Waals surface area contributed by atoms with E-state index >= 15 is 0 Å². The third kappa shape index (κ3) is 23.3. The number of anilines is 2. The number of hydrogen-bond acceptors (Lipinski definition) is 4. The second-order valence-corrected chi connectivity index (χ2v) is 7.73. The monoisotopic (exact) mass is 568 g/mol. The van der Waals surface area contributed by atoms with Crippen molar-refractivity contribution in [1.29, 1.82) is 10.8 Å². The van der Waals surface area contributed by atoms with Crippen molar-refractivity contribution in [2.75, 3.05) is 36.0 Å². The Morgan fingerprint density at radius 3 is 1.28 bits per heavy atom. The summed E-state index contributed by atoms with van der Waals surface area (Å²) in [7, 11) is -12.0. The zero-order chi connectivity index (χ0) is 30.5. The molecular formula is C23H34B2F8N6. The van der Waals surface area contributed by atoms with Gasteiger partial charge in [0.25, 0.3) is 0 Å². The molecule has 0 aliphatic carbocycles. The molecule has 0 spiro atoms. The maximum absolute atomic E-state index is 9.75. The van der Waals surface area contributed by atoms with Crippen LogP contribution in [0.2, 0.25) is 0 Å². The molecule has 0 heterocycles. The molecule has 0 aliphatic rings. The molecule has 0 fully saturated rings. The first kappa shape index (κ1) is 37.6. The topological polar surface area (TPSA) is 62.8 Å². The van der Waals surface area contributed by atoms with E-state index in [1.165, 1.54) is 11.4 Å². The second kappa shape index (κ2) is 20.4. The van der Waals surface area contributed by atoms with Crippen molar-refractivity contribution in [3.05, 3.63) is 64.0 Å². The molecule has 2 rings (SSSR count). The van der Waals surface area contributed by atoms with Gasteiger partial charge in [0.2, 0.25) is 10.8 Å². The van der Waals surface area contributed by atoms with Crippen molar-refractivity contribution in [3.63, 3.8) is 0 Å². The van der Waals surface area contributed by atoms with Gasteiger partial charge in [0.1, 0.15) is 4.98 Å². The summed E-state index contributed by atoms with van der Waals surface area (Å²) in [6, 6.07) is 15.8. The smallest absolute Gasteiger partial charge is 0.418 e. The Morgan fingerprint density at radius 2 is 0.974 bits per heavy atom. The molecular weight excluding hydrogens is 534 g/mol. The molecule has 0 aromatic heterocycles. The fourth-order valence-corrected chi connectivity index (χ4v) is 3.12. The molecule has 0 saturated carbocycles. The number of hydrogen-bond donors (Lipinski definition) is 0. The Kier molecular flexibility index (Phi) is 19.7. The van der Waals surface area contributed by atoms with Gasteiger partial charge in [-0.25, -0.2) is 0 Å². The number of nitrogens with zero attached hydrogens (tertiary/aromatic N) is 6. The van der Waals surface area contributed by atoms with E-state index in [4.69, 9.17) is 10.8 Å². The quantitative estimate of drug-likeness (QED) is 0.172. The SMILES string of the molecule is CCCN(CCC)c1ccc([N+]#N)cc1.CCN(CC)c1ccc(C[N+]#N)cc1.F[B-](F)(F)F.F[B-](F)(F)F. The lowest BCUT2D eigenvalue weighted by Crippen LogP contribution is -2.24. The van der Waals surface area contributed by atoms with Gasteiger partial charge in [-0.1, -0.05) is 13.8 Å². The van der Waals surface area contributed by atoms with Gasteiger partial charge in [0.05, 0.1) is 0 Å². The molecule has 218 valence electrons. The average molecular weight is 568 g/mol. The maximum Gasteiger partial charge on any atom is 0.673 e. The van der Waals surface area contributed by atoms with E-state index in [-0.39, 0.29) is 0 Å². The highest BCUT2D eigenvalue weighted by Gasteiger charge is 2.21. The first-order chi connectivity index (χ1) is 18.1. The lowest BCUT2D eigenvalue weighted by molar-refractivity contribution is 0.366. The van der Waals surface area contributed by atoms with E-state index < -0.39 is 14.5 Å². The molecule has 0 N–H and O–H groups in total. The van der Waals surface area contributed by atoms with Crippen LogP contribution in [-0.4, -0.2) is 40.7 Å². The molecule has 2 aromatic carbocycles. The van der Waals surface area contributed by atoms with Crippen molar-refractivity contribution in [2.24, 2.45) is 0 Å². The maximum atomic E-state index is 9.75. The van der Waals surface area contributed by atoms with Crippen LogP contribution in [0.15, 0.2) is 48.5 Å². The van der Waals surface area contributed by atoms with Crippen LogP contribution >= 0.6 is 0 Å². The Bertz CT molecular complexity index is 941. The third-order valence-electron chi connectivity index (χ3n) is 4.64. The van der Waals surface area contributed by atoms with Crippen LogP contribution in [0.3, 0.4) is 0 Å². The first-order valence-electron chi connectivity index (χ1n) is 12.2. The zero-order valence-corrected chi connectivity index (χ0v) is 22.4. The van der Waals surface area contributed by atoms with Gasteiger partial charge in [-0.3, -0.25) is 0 Å². The van der Waals surface area contributed by atoms with Gasteiger partial charge in [-0.2, -0.15) is 0 Å². The molecule has 0 amide bonds. The Balaban J connectivity index is 0. The zero-order valence-electron chi connectivity index (χ0n) is 22.4. The van der Waals surface area contributed by atoms with Crippen LogP contribution in [0.5, 0.6) is 0 Å². The van der Waals surface area contributed by atoms with E-state index in [0.29, 0.717) is 12.2 Å². The van der Waals surface area contributed by atoms with Crippen molar-refractivity contribution in [1.82, 2.24) is 0 Å². The number of diazo groups is 2. The average Bonchev–Trinajstić information content (AvgIpc) is 2.84. The Hall–Kier alpha value is -3.55. The van der Waals surface area contributed by atoms with Crippen molar-refractivity contribution in [2.45, 2.75) is 47.1 Å². The molecule has 0 aliphatic heterocycles. The van der Waals surface area contributed by atoms with Gasteiger partial charge in [0.15, 0.2) is 4.98 Å². The highest BCUT2D eigenvalue weighted by Crippen LogP contribution is 2.20. The van der Waals surface area contributed by atoms with Gasteiger partial charge in [-0.05, 0) is 63.1 Å². The molecule has 6 nitrogen and oxygen atoms in total. The fourth-order valence-electron chi connectivity index (χ4n) is 3.12. The minimum atomic E-state index is -6.00. The van der Waals surface area contributed by atoms with Crippen LogP contribution in [0.4, 0.5) is 51.6 Å². The summed E-state index contributed by atoms with van der Waals surface area (Å²) in [6.07, 6.45) is 2.29. The largest absolute Gasteiger partial charge is 0.673 e. The van der Waals surface area contributed by atoms with E-state index in [1.807, 2.05) is 36.4 Å². The van der Waals surface area contributed by atoms with Crippen LogP contribution < -0.4 is 9.80 Å². The normalized spacial score (nSPS) is 10.2. The van der Waals surface area contributed by atoms with Gasteiger partial charge in [-0.15, -0.1) is 0 Å². The van der Waals surface area contributed by atoms with E-state index in [1.54, 1.807) is 0 Å². The molecule has 0 bridgehead atoms. The van der Waals surface area contributed by atoms with Crippen molar-refractivity contribution < 1.29 is 34.5 Å². The van der Waals surface area contributed by atoms with Crippen molar-refractivity contribution in [3.8, 4) is 0 Å². The molecule has 2 aromatic rings. The van der Waals surface area contributed by atoms with Crippen LogP contribution in [0.1, 0.15) is 46.1 Å². The van der Waals surface area contributed by atoms with Crippen molar-refractivity contribution >= 4 is 31.6 Å². The summed E-state index contributed by atoms with van der Waals surface area (Å²) in [4.78, 5) is 10.9. The summed E-state index contributed by atoms with van der Waals surface area (Å²) in [5.41, 5.74) is 4.05. The molecule has 39 heavy (non-hydrogen) atoms. The number of rotatable bonds is 9. The lowest BCUT2D eigenvalue weighted by Gasteiger charge is -2.23. The van der Waals surface area contributed by atoms with Gasteiger partial charge < -0.3 is 44.3 Å². The molecule has 0 atom stereocenters. The molecule has 0 radical (unpaired) electrons. The number of benzene rings is 2. The first-order valence-corrected chi connectivity index (χ1v) is 12.2. The fraction of sp³-hybridized carbons (Fsp3) is 0.478. The minimum absolute atomic E-state index is 0.374. The van der Waals surface area contributed by atoms with Crippen LogP contribution in [0.25, 0.3) is 9.95 Å². The summed E-state index contributed by atoms with van der Waals surface area (Å²) in [5.74, 6) is 0. The molecule has 16 heteroatoms. The van der Waals surface area contributed by atoms with E-state index in [9.17, 15) is 34.5 Å². The number of halogens is 8. The summed E-state index contributed by atoms with van der Waals surface area (Å²) < 4.78 is 78.0. The standard InChI is InChI=1S/C12H18N3.C11H16N3.2BF4/c1-3-9-15(10-4-2)12-7-5-11(14-13)6-8-12;1-3-14(4-2)11-7-5-10(6-8-11)9-13-12;2*2-1(3,4)5/h5-8H,3-4,9-10H2,1-2H3;5-8H,3-4,9H2,1-2H3;;/q2*+1;2*-1. The van der Waals surface area contributed by atoms with Crippen LogP contribution in [-0.2, 0) is 6.54 Å². The molecule has 0 unspecified atom stereocenters. The molecule has 0 saturated heterocycles. The summed E-state index contributed by atoms with van der Waals surface area (Å²) >= 11 is 0. The Morgan fingerprint density at radius 1 is 0.615 bits per heavy atom. The predicted octanol–water partition coefficient (Wildman–Crippen LogP) is 9.28. The highest BCUT2D eigenvalue weighted by atomic mass is 19.5. The minimum Gasteiger partial charge on any atom is -0.418 e.